The lowest BCUT2D eigenvalue weighted by molar-refractivity contribution is -0.142. The number of hydrogen-bond acceptors (Lipinski definition) is 4. The Labute approximate surface area is 154 Å². The Balaban J connectivity index is 2.40. The molecule has 2 rings (SSSR count). The lowest BCUT2D eigenvalue weighted by Gasteiger charge is -2.20. The number of carboxylic acid groups (broad SMARTS) is 1. The minimum atomic E-state index is -3.44. The van der Waals surface area contributed by atoms with E-state index in [1.54, 1.807) is 69.5 Å². The molecule has 6 heteroatoms. The summed E-state index contributed by atoms with van der Waals surface area (Å²) in [6.07, 6.45) is 0.429. The molecule has 0 spiro atoms. The van der Waals surface area contributed by atoms with E-state index in [9.17, 15) is 18.3 Å². The fourth-order valence-electron chi connectivity index (χ4n) is 2.67. The van der Waals surface area contributed by atoms with Crippen molar-refractivity contribution in [1.29, 1.82) is 0 Å². The maximum Gasteiger partial charge on any atom is 0.313 e. The van der Waals surface area contributed by atoms with Gasteiger partial charge in [0.05, 0.1) is 16.1 Å². The molecular formula is C20H24O5S. The van der Waals surface area contributed by atoms with Gasteiger partial charge in [-0.2, -0.15) is 0 Å². The molecule has 26 heavy (non-hydrogen) atoms. The molecule has 0 saturated carbocycles. The van der Waals surface area contributed by atoms with Gasteiger partial charge in [0, 0.05) is 19.3 Å². The SMILES string of the molecule is COCCCS(=O)(=O)c1ccccc1-c1ccc(C(C)(C)C(=O)O)cc1. The van der Waals surface area contributed by atoms with Crippen LogP contribution in [0.3, 0.4) is 0 Å². The van der Waals surface area contributed by atoms with Crippen LogP contribution in [0.15, 0.2) is 53.4 Å². The largest absolute Gasteiger partial charge is 0.481 e. The molecule has 2 aromatic rings. The van der Waals surface area contributed by atoms with Gasteiger partial charge in [-0.3, -0.25) is 4.79 Å². The number of carboxylic acids is 1. The highest BCUT2D eigenvalue weighted by Crippen LogP contribution is 2.31. The molecule has 0 aliphatic carbocycles. The maximum atomic E-state index is 12.7. The fourth-order valence-corrected chi connectivity index (χ4v) is 4.19. The average Bonchev–Trinajstić information content (AvgIpc) is 2.62. The number of aliphatic carboxylic acids is 1. The molecule has 0 aliphatic heterocycles. The minimum absolute atomic E-state index is 0.0159. The molecule has 0 amide bonds. The highest BCUT2D eigenvalue weighted by atomic mass is 32.2. The van der Waals surface area contributed by atoms with E-state index in [0.717, 1.165) is 5.56 Å². The maximum absolute atomic E-state index is 12.7. The predicted octanol–water partition coefficient (Wildman–Crippen LogP) is 3.53. The monoisotopic (exact) mass is 376 g/mol. The molecule has 1 N–H and O–H groups in total. The van der Waals surface area contributed by atoms with Crippen LogP contribution in [0.25, 0.3) is 11.1 Å². The molecule has 0 bridgehead atoms. The Bertz CT molecular complexity index is 867. The van der Waals surface area contributed by atoms with Gasteiger partial charge in [-0.15, -0.1) is 0 Å². The van der Waals surface area contributed by atoms with Crippen molar-refractivity contribution in [3.05, 3.63) is 54.1 Å². The Hall–Kier alpha value is -2.18. The average molecular weight is 376 g/mol. The first-order chi connectivity index (χ1) is 12.2. The second kappa shape index (κ2) is 8.01. The third kappa shape index (κ3) is 4.31. The van der Waals surface area contributed by atoms with Crippen LogP contribution < -0.4 is 0 Å². The van der Waals surface area contributed by atoms with Gasteiger partial charge in [-0.1, -0.05) is 42.5 Å². The van der Waals surface area contributed by atoms with Crippen LogP contribution in [-0.2, 0) is 24.8 Å². The number of benzene rings is 2. The molecule has 5 nitrogen and oxygen atoms in total. The van der Waals surface area contributed by atoms with Crippen molar-refractivity contribution in [1.82, 2.24) is 0 Å². The van der Waals surface area contributed by atoms with Crippen LogP contribution >= 0.6 is 0 Å². The second-order valence-electron chi connectivity index (χ2n) is 6.67. The molecule has 0 radical (unpaired) electrons. The topological polar surface area (TPSA) is 80.7 Å². The van der Waals surface area contributed by atoms with Crippen molar-refractivity contribution >= 4 is 15.8 Å². The Morgan fingerprint density at radius 1 is 1.08 bits per heavy atom. The van der Waals surface area contributed by atoms with Crippen LogP contribution in [0.1, 0.15) is 25.8 Å². The summed E-state index contributed by atoms with van der Waals surface area (Å²) in [7, 11) is -1.90. The molecule has 0 fully saturated rings. The smallest absolute Gasteiger partial charge is 0.313 e. The Morgan fingerprint density at radius 2 is 1.69 bits per heavy atom. The molecule has 0 aromatic heterocycles. The first kappa shape index (κ1) is 20.1. The number of hydrogen-bond donors (Lipinski definition) is 1. The van der Waals surface area contributed by atoms with E-state index in [0.29, 0.717) is 24.2 Å². The van der Waals surface area contributed by atoms with Gasteiger partial charge in [-0.05, 0) is 37.5 Å². The van der Waals surface area contributed by atoms with E-state index in [1.165, 1.54) is 0 Å². The standard InChI is InChI=1S/C20H24O5S/c1-20(2,19(21)22)16-11-9-15(10-12-16)17-7-4-5-8-18(17)26(23,24)14-6-13-25-3/h4-5,7-12H,6,13-14H2,1-3H3,(H,21,22). The van der Waals surface area contributed by atoms with Crippen LogP contribution in [-0.4, -0.2) is 39.0 Å². The first-order valence-corrected chi connectivity index (χ1v) is 10.0. The van der Waals surface area contributed by atoms with Gasteiger partial charge in [0.1, 0.15) is 0 Å². The minimum Gasteiger partial charge on any atom is -0.481 e. The molecular weight excluding hydrogens is 352 g/mol. The Kier molecular flexibility index (Phi) is 6.21. The first-order valence-electron chi connectivity index (χ1n) is 8.35. The second-order valence-corrected chi connectivity index (χ2v) is 8.75. The summed E-state index contributed by atoms with van der Waals surface area (Å²) in [5, 5.41) is 9.35. The van der Waals surface area contributed by atoms with E-state index >= 15 is 0 Å². The van der Waals surface area contributed by atoms with Crippen molar-refractivity contribution in [3.63, 3.8) is 0 Å². The number of methoxy groups -OCH3 is 1. The molecule has 140 valence electrons. The van der Waals surface area contributed by atoms with Crippen LogP contribution in [0.5, 0.6) is 0 Å². The van der Waals surface area contributed by atoms with Gasteiger partial charge in [0.15, 0.2) is 9.84 Å². The molecule has 0 aliphatic rings. The Morgan fingerprint density at radius 3 is 2.27 bits per heavy atom. The number of carbonyl (C=O) groups is 1. The number of rotatable bonds is 8. The lowest BCUT2D eigenvalue weighted by Crippen LogP contribution is -2.28. The fraction of sp³-hybridized carbons (Fsp3) is 0.350. The molecule has 0 heterocycles. The van der Waals surface area contributed by atoms with Crippen molar-refractivity contribution < 1.29 is 23.1 Å². The van der Waals surface area contributed by atoms with Gasteiger partial charge in [0.2, 0.25) is 0 Å². The third-order valence-corrected chi connectivity index (χ3v) is 6.29. The summed E-state index contributed by atoms with van der Waals surface area (Å²) in [6.45, 7) is 3.66. The van der Waals surface area contributed by atoms with Gasteiger partial charge in [0.25, 0.3) is 0 Å². The highest BCUT2D eigenvalue weighted by molar-refractivity contribution is 7.91. The van der Waals surface area contributed by atoms with E-state index in [4.69, 9.17) is 4.74 Å². The van der Waals surface area contributed by atoms with E-state index < -0.39 is 21.2 Å². The normalized spacial score (nSPS) is 12.1. The molecule has 0 atom stereocenters. The van der Waals surface area contributed by atoms with Crippen LogP contribution in [0.2, 0.25) is 0 Å². The summed E-state index contributed by atoms with van der Waals surface area (Å²) in [6, 6.07) is 13.9. The van der Waals surface area contributed by atoms with E-state index in [2.05, 4.69) is 0 Å². The van der Waals surface area contributed by atoms with Gasteiger partial charge >= 0.3 is 5.97 Å². The summed E-state index contributed by atoms with van der Waals surface area (Å²) < 4.78 is 30.3. The summed E-state index contributed by atoms with van der Waals surface area (Å²) >= 11 is 0. The van der Waals surface area contributed by atoms with Crippen molar-refractivity contribution in [2.75, 3.05) is 19.5 Å². The van der Waals surface area contributed by atoms with Crippen LogP contribution in [0.4, 0.5) is 0 Å². The van der Waals surface area contributed by atoms with Crippen molar-refractivity contribution in [3.8, 4) is 11.1 Å². The van der Waals surface area contributed by atoms with Gasteiger partial charge < -0.3 is 9.84 Å². The zero-order valence-corrected chi connectivity index (χ0v) is 16.0. The number of ether oxygens (including phenoxy) is 1. The van der Waals surface area contributed by atoms with E-state index in [1.807, 2.05) is 0 Å². The summed E-state index contributed by atoms with van der Waals surface area (Å²) in [5.41, 5.74) is 1.00. The molecule has 2 aromatic carbocycles. The zero-order valence-electron chi connectivity index (χ0n) is 15.2. The van der Waals surface area contributed by atoms with Crippen LogP contribution in [0, 0.1) is 0 Å². The summed E-state index contributed by atoms with van der Waals surface area (Å²) in [4.78, 5) is 11.7. The zero-order chi connectivity index (χ0) is 19.4. The molecule has 0 unspecified atom stereocenters. The quantitative estimate of drug-likeness (QED) is 0.713. The third-order valence-electron chi connectivity index (χ3n) is 4.44. The number of sulfone groups is 1. The van der Waals surface area contributed by atoms with Gasteiger partial charge in [-0.25, -0.2) is 8.42 Å². The van der Waals surface area contributed by atoms with Crippen molar-refractivity contribution in [2.45, 2.75) is 30.6 Å². The summed E-state index contributed by atoms with van der Waals surface area (Å²) in [5.74, 6) is -0.895. The van der Waals surface area contributed by atoms with Crippen molar-refractivity contribution in [2.24, 2.45) is 0 Å². The lowest BCUT2D eigenvalue weighted by atomic mass is 9.84. The van der Waals surface area contributed by atoms with E-state index in [-0.39, 0.29) is 10.6 Å². The predicted molar refractivity (Wildman–Crippen MR) is 101 cm³/mol. The molecule has 0 saturated heterocycles. The highest BCUT2D eigenvalue weighted by Gasteiger charge is 2.29.